The van der Waals surface area contributed by atoms with Crippen molar-refractivity contribution in [3.05, 3.63) is 53.6 Å². The zero-order valence-electron chi connectivity index (χ0n) is 19.3. The maximum Gasteiger partial charge on any atom is 0.255 e. The third kappa shape index (κ3) is 5.34. The molecule has 33 heavy (non-hydrogen) atoms. The molecule has 2 N–H and O–H groups in total. The average molecular weight is 451 g/mol. The van der Waals surface area contributed by atoms with Crippen LogP contribution in [0.2, 0.25) is 0 Å². The van der Waals surface area contributed by atoms with E-state index in [-0.39, 0.29) is 23.6 Å². The quantitative estimate of drug-likeness (QED) is 0.706. The molecule has 2 fully saturated rings. The number of nitrogens with zero attached hydrogens (tertiary/aromatic N) is 2. The van der Waals surface area contributed by atoms with Crippen LogP contribution in [0.25, 0.3) is 0 Å². The number of ether oxygens (including phenoxy) is 1. The van der Waals surface area contributed by atoms with Crippen molar-refractivity contribution in [1.29, 1.82) is 0 Å². The van der Waals surface area contributed by atoms with Crippen molar-refractivity contribution in [3.63, 3.8) is 0 Å². The van der Waals surface area contributed by atoms with E-state index in [1.54, 1.807) is 42.5 Å². The van der Waals surface area contributed by atoms with Gasteiger partial charge in [0.2, 0.25) is 5.91 Å². The van der Waals surface area contributed by atoms with E-state index in [4.69, 9.17) is 4.74 Å². The van der Waals surface area contributed by atoms with Crippen LogP contribution in [0, 0.1) is 11.8 Å². The van der Waals surface area contributed by atoms with E-state index in [0.717, 1.165) is 19.5 Å². The molecule has 2 unspecified atom stereocenters. The van der Waals surface area contributed by atoms with Gasteiger partial charge in [0.25, 0.3) is 11.8 Å². The van der Waals surface area contributed by atoms with Gasteiger partial charge in [-0.2, -0.15) is 0 Å². The van der Waals surface area contributed by atoms with Gasteiger partial charge < -0.3 is 25.2 Å². The third-order valence-electron chi connectivity index (χ3n) is 6.32. The van der Waals surface area contributed by atoms with Crippen LogP contribution in [0.1, 0.15) is 34.1 Å². The van der Waals surface area contributed by atoms with Crippen LogP contribution in [0.4, 0.5) is 11.4 Å². The monoisotopic (exact) mass is 450 g/mol. The number of carbonyl (C=O) groups excluding carboxylic acids is 3. The standard InChI is InChI=1S/C25H30N4O4/c1-16-13-20(16)24(31)26-19-6-4-5-17(14-19)23(30)27-21-15-18(7-8-22(21)33-3)25(32)29-11-9-28(2)10-12-29/h4-8,14-16,20H,9-13H2,1-3H3,(H,26,31)(H,27,30). The summed E-state index contributed by atoms with van der Waals surface area (Å²) in [5.74, 6) is 0.480. The topological polar surface area (TPSA) is 91.0 Å². The third-order valence-corrected chi connectivity index (χ3v) is 6.32. The summed E-state index contributed by atoms with van der Waals surface area (Å²) in [6.07, 6.45) is 0.898. The predicted molar refractivity (Wildman–Crippen MR) is 127 cm³/mol. The summed E-state index contributed by atoms with van der Waals surface area (Å²) in [7, 11) is 3.55. The number of nitrogens with one attached hydrogen (secondary N) is 2. The SMILES string of the molecule is COc1ccc(C(=O)N2CCN(C)CC2)cc1NC(=O)c1cccc(NC(=O)C2CC2C)c1. The van der Waals surface area contributed by atoms with Gasteiger partial charge in [-0.1, -0.05) is 13.0 Å². The second-order valence-electron chi connectivity index (χ2n) is 8.85. The smallest absolute Gasteiger partial charge is 0.255 e. The Kier molecular flexibility index (Phi) is 6.65. The first kappa shape index (κ1) is 22.8. The average Bonchev–Trinajstić information content (AvgIpc) is 3.56. The van der Waals surface area contributed by atoms with E-state index in [2.05, 4.69) is 15.5 Å². The second kappa shape index (κ2) is 9.62. The van der Waals surface area contributed by atoms with Crippen LogP contribution >= 0.6 is 0 Å². The predicted octanol–water partition coefficient (Wildman–Crippen LogP) is 2.93. The normalized spacial score (nSPS) is 20.2. The summed E-state index contributed by atoms with van der Waals surface area (Å²) in [6, 6.07) is 11.9. The Bertz CT molecular complexity index is 1060. The van der Waals surface area contributed by atoms with Gasteiger partial charge in [-0.25, -0.2) is 0 Å². The Hall–Kier alpha value is -3.39. The van der Waals surface area contributed by atoms with E-state index in [1.807, 2.05) is 18.9 Å². The molecule has 0 bridgehead atoms. The maximum atomic E-state index is 13.0. The number of amides is 3. The molecule has 2 aromatic carbocycles. The van der Waals surface area contributed by atoms with E-state index in [0.29, 0.717) is 47.3 Å². The lowest BCUT2D eigenvalue weighted by Gasteiger charge is -2.32. The molecule has 2 atom stereocenters. The largest absolute Gasteiger partial charge is 0.495 e. The van der Waals surface area contributed by atoms with Crippen LogP contribution in [0.15, 0.2) is 42.5 Å². The molecule has 8 nitrogen and oxygen atoms in total. The molecule has 0 radical (unpaired) electrons. The lowest BCUT2D eigenvalue weighted by molar-refractivity contribution is -0.117. The van der Waals surface area contributed by atoms with Gasteiger partial charge in [0.15, 0.2) is 0 Å². The van der Waals surface area contributed by atoms with Crippen LogP contribution < -0.4 is 15.4 Å². The van der Waals surface area contributed by atoms with Crippen molar-refractivity contribution in [2.45, 2.75) is 13.3 Å². The summed E-state index contributed by atoms with van der Waals surface area (Å²) in [5.41, 5.74) is 1.89. The van der Waals surface area contributed by atoms with Gasteiger partial charge >= 0.3 is 0 Å². The Morgan fingerprint density at radius 2 is 1.70 bits per heavy atom. The molecule has 1 saturated heterocycles. The Balaban J connectivity index is 1.48. The van der Waals surface area contributed by atoms with Crippen LogP contribution in [0.3, 0.4) is 0 Å². The highest BCUT2D eigenvalue weighted by Crippen LogP contribution is 2.38. The second-order valence-corrected chi connectivity index (χ2v) is 8.85. The number of rotatable bonds is 6. The molecule has 3 amide bonds. The first-order valence-corrected chi connectivity index (χ1v) is 11.2. The van der Waals surface area contributed by atoms with Gasteiger partial charge in [-0.3, -0.25) is 14.4 Å². The number of benzene rings is 2. The minimum Gasteiger partial charge on any atom is -0.495 e. The molecule has 1 saturated carbocycles. The summed E-state index contributed by atoms with van der Waals surface area (Å²) < 4.78 is 5.39. The molecular formula is C25H30N4O4. The van der Waals surface area contributed by atoms with Crippen LogP contribution in [-0.2, 0) is 4.79 Å². The molecule has 4 rings (SSSR count). The highest BCUT2D eigenvalue weighted by atomic mass is 16.5. The zero-order valence-corrected chi connectivity index (χ0v) is 19.3. The fourth-order valence-corrected chi connectivity index (χ4v) is 3.99. The van der Waals surface area contributed by atoms with E-state index >= 15 is 0 Å². The molecule has 1 heterocycles. The van der Waals surface area contributed by atoms with Gasteiger partial charge in [0, 0.05) is 48.9 Å². The number of carbonyl (C=O) groups is 3. The summed E-state index contributed by atoms with van der Waals surface area (Å²) in [6.45, 7) is 5.04. The van der Waals surface area contributed by atoms with E-state index in [9.17, 15) is 14.4 Å². The fourth-order valence-electron chi connectivity index (χ4n) is 3.99. The molecule has 2 aromatic rings. The molecule has 0 spiro atoms. The van der Waals surface area contributed by atoms with E-state index in [1.165, 1.54) is 7.11 Å². The molecule has 0 aromatic heterocycles. The molecule has 174 valence electrons. The minimum atomic E-state index is -0.353. The number of anilines is 2. The lowest BCUT2D eigenvalue weighted by Crippen LogP contribution is -2.47. The number of hydrogen-bond donors (Lipinski definition) is 2. The first-order chi connectivity index (χ1) is 15.9. The summed E-state index contributed by atoms with van der Waals surface area (Å²) >= 11 is 0. The number of hydrogen-bond acceptors (Lipinski definition) is 5. The zero-order chi connectivity index (χ0) is 23.5. The van der Waals surface area contributed by atoms with Crippen molar-refractivity contribution in [1.82, 2.24) is 9.80 Å². The molecular weight excluding hydrogens is 420 g/mol. The Labute approximate surface area is 193 Å². The fraction of sp³-hybridized carbons (Fsp3) is 0.400. The Morgan fingerprint density at radius 1 is 0.970 bits per heavy atom. The first-order valence-electron chi connectivity index (χ1n) is 11.2. The van der Waals surface area contributed by atoms with Gasteiger partial charge in [0.05, 0.1) is 12.8 Å². The van der Waals surface area contributed by atoms with Gasteiger partial charge in [-0.15, -0.1) is 0 Å². The summed E-state index contributed by atoms with van der Waals surface area (Å²) in [5, 5.41) is 5.73. The van der Waals surface area contributed by atoms with Crippen molar-refractivity contribution in [2.75, 3.05) is 51.0 Å². The number of methoxy groups -OCH3 is 1. The maximum absolute atomic E-state index is 13.0. The highest BCUT2D eigenvalue weighted by molar-refractivity contribution is 6.07. The van der Waals surface area contributed by atoms with Crippen molar-refractivity contribution < 1.29 is 19.1 Å². The molecule has 8 heteroatoms. The minimum absolute atomic E-state index is 0.0168. The van der Waals surface area contributed by atoms with E-state index < -0.39 is 0 Å². The van der Waals surface area contributed by atoms with Crippen molar-refractivity contribution in [2.24, 2.45) is 11.8 Å². The molecule has 1 aliphatic heterocycles. The Morgan fingerprint density at radius 3 is 2.36 bits per heavy atom. The van der Waals surface area contributed by atoms with Crippen molar-refractivity contribution in [3.8, 4) is 5.75 Å². The van der Waals surface area contributed by atoms with Gasteiger partial charge in [0.1, 0.15) is 5.75 Å². The van der Waals surface area contributed by atoms with Crippen molar-refractivity contribution >= 4 is 29.1 Å². The van der Waals surface area contributed by atoms with Crippen LogP contribution in [-0.4, -0.2) is 67.9 Å². The molecule has 1 aliphatic carbocycles. The van der Waals surface area contributed by atoms with Crippen LogP contribution in [0.5, 0.6) is 5.75 Å². The molecule has 2 aliphatic rings. The van der Waals surface area contributed by atoms with Gasteiger partial charge in [-0.05, 0) is 55.8 Å². The summed E-state index contributed by atoms with van der Waals surface area (Å²) in [4.78, 5) is 42.1. The highest BCUT2D eigenvalue weighted by Gasteiger charge is 2.39. The number of likely N-dealkylation sites (N-methyl/N-ethyl adjacent to an activating group) is 1. The lowest BCUT2D eigenvalue weighted by atomic mass is 10.1. The number of piperazine rings is 1.